The minimum absolute atomic E-state index is 0.797. The molecule has 1 N–H and O–H groups in total. The Hall–Kier alpha value is -0.830. The van der Waals surface area contributed by atoms with Gasteiger partial charge in [-0.05, 0) is 38.1 Å². The summed E-state index contributed by atoms with van der Waals surface area (Å²) < 4.78 is 0. The third-order valence-corrected chi connectivity index (χ3v) is 3.50. The smallest absolute Gasteiger partial charge is 0.0922 e. The monoisotopic (exact) mass is 221 g/mol. The van der Waals surface area contributed by atoms with Crippen molar-refractivity contribution in [2.75, 3.05) is 6.54 Å². The van der Waals surface area contributed by atoms with E-state index in [4.69, 9.17) is 0 Å². The summed E-state index contributed by atoms with van der Waals surface area (Å²) in [5.41, 5.74) is 1.25. The molecule has 16 heavy (non-hydrogen) atoms. The third kappa shape index (κ3) is 3.08. The fraction of sp³-hybridized carbons (Fsp3) is 0.769. The molecule has 1 aromatic heterocycles. The van der Waals surface area contributed by atoms with Crippen molar-refractivity contribution in [2.24, 2.45) is 5.92 Å². The number of aromatic nitrogens is 2. The van der Waals surface area contributed by atoms with Crippen LogP contribution in [-0.4, -0.2) is 27.5 Å². The van der Waals surface area contributed by atoms with E-state index < -0.39 is 0 Å². The molecular weight excluding hydrogens is 198 g/mol. The molecule has 0 bridgehead atoms. The molecule has 0 radical (unpaired) electrons. The highest BCUT2D eigenvalue weighted by Crippen LogP contribution is 2.24. The van der Waals surface area contributed by atoms with E-state index in [9.17, 15) is 0 Å². The van der Waals surface area contributed by atoms with Crippen LogP contribution in [0.2, 0.25) is 0 Å². The Kier molecular flexibility index (Phi) is 3.99. The number of hydrogen-bond donors (Lipinski definition) is 1. The molecule has 3 nitrogen and oxygen atoms in total. The molecule has 1 aliphatic heterocycles. The van der Waals surface area contributed by atoms with Crippen LogP contribution in [0.1, 0.15) is 45.2 Å². The van der Waals surface area contributed by atoms with E-state index >= 15 is 0 Å². The van der Waals surface area contributed by atoms with Crippen LogP contribution in [0, 0.1) is 5.92 Å². The summed E-state index contributed by atoms with van der Waals surface area (Å²) in [5.74, 6) is 0.828. The topological polar surface area (TPSA) is 31.9 Å². The van der Waals surface area contributed by atoms with Crippen molar-refractivity contribution in [3.63, 3.8) is 0 Å². The van der Waals surface area contributed by atoms with E-state index in [1.807, 2.05) is 6.20 Å². The predicted molar refractivity (Wildman–Crippen MR) is 66.1 cm³/mol. The molecule has 1 atom stereocenters. The summed E-state index contributed by atoms with van der Waals surface area (Å²) in [4.78, 5) is 9.88. The molecule has 3 heteroatoms. The summed E-state index contributed by atoms with van der Waals surface area (Å²) in [6.07, 6.45) is 9.15. The summed E-state index contributed by atoms with van der Waals surface area (Å²) >= 11 is 0. The molecular formula is C13H23N3. The lowest BCUT2D eigenvalue weighted by molar-refractivity contribution is 0.223. The zero-order valence-corrected chi connectivity index (χ0v) is 10.4. The molecule has 0 unspecified atom stereocenters. The standard InChI is InChI=1S/C13H23N3/c1-11(2)5-6-13-4-3-7-16(13)9-12-8-14-10-15-12/h8,10-11,13H,3-7,9H2,1-2H3,(H,14,15)/t13-/m0/s1. The fourth-order valence-corrected chi connectivity index (χ4v) is 2.55. The van der Waals surface area contributed by atoms with Gasteiger partial charge in [0.2, 0.25) is 0 Å². The van der Waals surface area contributed by atoms with Crippen molar-refractivity contribution in [2.45, 2.75) is 52.1 Å². The number of likely N-dealkylation sites (tertiary alicyclic amines) is 1. The maximum atomic E-state index is 4.08. The van der Waals surface area contributed by atoms with Crippen LogP contribution in [0.5, 0.6) is 0 Å². The van der Waals surface area contributed by atoms with E-state index in [0.717, 1.165) is 18.5 Å². The highest BCUT2D eigenvalue weighted by molar-refractivity contribution is 4.96. The van der Waals surface area contributed by atoms with Gasteiger partial charge in [0, 0.05) is 24.5 Å². The molecule has 1 saturated heterocycles. The Balaban J connectivity index is 1.83. The van der Waals surface area contributed by atoms with Crippen LogP contribution in [0.3, 0.4) is 0 Å². The zero-order valence-electron chi connectivity index (χ0n) is 10.4. The lowest BCUT2D eigenvalue weighted by atomic mass is 10.0. The van der Waals surface area contributed by atoms with Crippen LogP contribution in [-0.2, 0) is 6.54 Å². The molecule has 0 saturated carbocycles. The number of rotatable bonds is 5. The van der Waals surface area contributed by atoms with Crippen LogP contribution in [0.15, 0.2) is 12.5 Å². The maximum absolute atomic E-state index is 4.08. The minimum Gasteiger partial charge on any atom is -0.347 e. The van der Waals surface area contributed by atoms with Crippen molar-refractivity contribution >= 4 is 0 Å². The van der Waals surface area contributed by atoms with Crippen molar-refractivity contribution in [1.29, 1.82) is 0 Å². The van der Waals surface area contributed by atoms with E-state index in [-0.39, 0.29) is 0 Å². The van der Waals surface area contributed by atoms with Crippen molar-refractivity contribution in [3.8, 4) is 0 Å². The van der Waals surface area contributed by atoms with Gasteiger partial charge in [-0.2, -0.15) is 0 Å². The van der Waals surface area contributed by atoms with E-state index in [1.54, 1.807) is 6.33 Å². The Bertz CT molecular complexity index is 292. The molecule has 1 aromatic rings. The van der Waals surface area contributed by atoms with Crippen molar-refractivity contribution in [3.05, 3.63) is 18.2 Å². The number of H-pyrrole nitrogens is 1. The van der Waals surface area contributed by atoms with Gasteiger partial charge in [0.25, 0.3) is 0 Å². The quantitative estimate of drug-likeness (QED) is 0.829. The van der Waals surface area contributed by atoms with E-state index in [0.29, 0.717) is 0 Å². The van der Waals surface area contributed by atoms with Crippen LogP contribution < -0.4 is 0 Å². The minimum atomic E-state index is 0.797. The predicted octanol–water partition coefficient (Wildman–Crippen LogP) is 2.81. The first-order valence-electron chi connectivity index (χ1n) is 6.47. The third-order valence-electron chi connectivity index (χ3n) is 3.50. The van der Waals surface area contributed by atoms with Crippen LogP contribution >= 0.6 is 0 Å². The SMILES string of the molecule is CC(C)CC[C@@H]1CCCN1Cc1cnc[nH]1. The van der Waals surface area contributed by atoms with Gasteiger partial charge in [0.1, 0.15) is 0 Å². The maximum Gasteiger partial charge on any atom is 0.0922 e. The highest BCUT2D eigenvalue weighted by Gasteiger charge is 2.24. The molecule has 0 aromatic carbocycles. The zero-order chi connectivity index (χ0) is 11.4. The van der Waals surface area contributed by atoms with Crippen molar-refractivity contribution < 1.29 is 0 Å². The molecule has 0 amide bonds. The second-order valence-corrected chi connectivity index (χ2v) is 5.31. The first-order chi connectivity index (χ1) is 7.75. The van der Waals surface area contributed by atoms with Gasteiger partial charge < -0.3 is 4.98 Å². The normalized spacial score (nSPS) is 22.1. The summed E-state index contributed by atoms with van der Waals surface area (Å²) in [6, 6.07) is 0.797. The Morgan fingerprint density at radius 3 is 3.12 bits per heavy atom. The number of nitrogens with one attached hydrogen (secondary N) is 1. The molecule has 2 heterocycles. The van der Waals surface area contributed by atoms with Gasteiger partial charge in [-0.25, -0.2) is 4.98 Å². The van der Waals surface area contributed by atoms with E-state index in [1.165, 1.54) is 37.9 Å². The molecule has 90 valence electrons. The lowest BCUT2D eigenvalue weighted by Gasteiger charge is -2.24. The second kappa shape index (κ2) is 5.48. The molecule has 0 spiro atoms. The van der Waals surface area contributed by atoms with Crippen molar-refractivity contribution in [1.82, 2.24) is 14.9 Å². The van der Waals surface area contributed by atoms with Gasteiger partial charge in [-0.3, -0.25) is 4.90 Å². The first-order valence-corrected chi connectivity index (χ1v) is 6.47. The number of nitrogens with zero attached hydrogens (tertiary/aromatic N) is 2. The van der Waals surface area contributed by atoms with Gasteiger partial charge in [0.15, 0.2) is 0 Å². The summed E-state index contributed by atoms with van der Waals surface area (Å²) in [5, 5.41) is 0. The number of imidazole rings is 1. The molecule has 2 rings (SSSR count). The Morgan fingerprint density at radius 2 is 2.44 bits per heavy atom. The largest absolute Gasteiger partial charge is 0.347 e. The number of hydrogen-bond acceptors (Lipinski definition) is 2. The van der Waals surface area contributed by atoms with Gasteiger partial charge in [0.05, 0.1) is 6.33 Å². The van der Waals surface area contributed by atoms with Gasteiger partial charge >= 0.3 is 0 Å². The molecule has 1 aliphatic rings. The number of aromatic amines is 1. The molecule has 1 fully saturated rings. The average molecular weight is 221 g/mol. The summed E-state index contributed by atoms with van der Waals surface area (Å²) in [6.45, 7) is 6.92. The molecule has 0 aliphatic carbocycles. The highest BCUT2D eigenvalue weighted by atomic mass is 15.2. The van der Waals surface area contributed by atoms with E-state index in [2.05, 4.69) is 28.7 Å². The average Bonchev–Trinajstić information content (AvgIpc) is 2.87. The lowest BCUT2D eigenvalue weighted by Crippen LogP contribution is -2.29. The fourth-order valence-electron chi connectivity index (χ4n) is 2.55. The summed E-state index contributed by atoms with van der Waals surface area (Å²) in [7, 11) is 0. The Morgan fingerprint density at radius 1 is 1.56 bits per heavy atom. The van der Waals surface area contributed by atoms with Gasteiger partial charge in [-0.1, -0.05) is 13.8 Å². The van der Waals surface area contributed by atoms with Crippen LogP contribution in [0.25, 0.3) is 0 Å². The van der Waals surface area contributed by atoms with Gasteiger partial charge in [-0.15, -0.1) is 0 Å². The Labute approximate surface area is 98.3 Å². The first kappa shape index (κ1) is 11.6. The van der Waals surface area contributed by atoms with Crippen LogP contribution in [0.4, 0.5) is 0 Å². The second-order valence-electron chi connectivity index (χ2n) is 5.31.